The molecule has 0 bridgehead atoms. The minimum absolute atomic E-state index is 0.104. The van der Waals surface area contributed by atoms with Gasteiger partial charge < -0.3 is 24.3 Å². The first kappa shape index (κ1) is 28.2. The van der Waals surface area contributed by atoms with Crippen molar-refractivity contribution in [2.75, 3.05) is 21.3 Å². The zero-order chi connectivity index (χ0) is 28.5. The number of benzene rings is 4. The molecule has 0 spiro atoms. The molecular formula is C32H29F2NO5. The van der Waals surface area contributed by atoms with Gasteiger partial charge in [-0.05, 0) is 52.6 Å². The molecule has 4 rings (SSSR count). The maximum Gasteiger partial charge on any atom is 0.387 e. The second-order valence-corrected chi connectivity index (χ2v) is 8.64. The van der Waals surface area contributed by atoms with Crippen LogP contribution < -0.4 is 24.3 Å². The van der Waals surface area contributed by atoms with E-state index in [1.54, 1.807) is 30.3 Å². The Balaban J connectivity index is 1.80. The second-order valence-electron chi connectivity index (χ2n) is 8.64. The van der Waals surface area contributed by atoms with Crippen molar-refractivity contribution < 1.29 is 32.5 Å². The van der Waals surface area contributed by atoms with Gasteiger partial charge in [-0.25, -0.2) is 0 Å². The Morgan fingerprint density at radius 3 is 1.80 bits per heavy atom. The van der Waals surface area contributed by atoms with Crippen molar-refractivity contribution >= 4 is 17.6 Å². The van der Waals surface area contributed by atoms with Gasteiger partial charge in [0.2, 0.25) is 0 Å². The quantitative estimate of drug-likeness (QED) is 0.167. The predicted molar refractivity (Wildman–Crippen MR) is 150 cm³/mol. The number of hydrogen-bond donors (Lipinski definition) is 1. The average molecular weight is 546 g/mol. The third-order valence-corrected chi connectivity index (χ3v) is 6.20. The summed E-state index contributed by atoms with van der Waals surface area (Å²) in [6.45, 7) is -3.00. The Bertz CT molecular complexity index is 1420. The van der Waals surface area contributed by atoms with Crippen LogP contribution >= 0.6 is 0 Å². The molecule has 0 unspecified atom stereocenters. The van der Waals surface area contributed by atoms with E-state index in [1.807, 2.05) is 60.7 Å². The van der Waals surface area contributed by atoms with E-state index >= 15 is 0 Å². The van der Waals surface area contributed by atoms with E-state index in [-0.39, 0.29) is 17.4 Å². The van der Waals surface area contributed by atoms with Crippen molar-refractivity contribution in [2.45, 2.75) is 12.7 Å². The lowest BCUT2D eigenvalue weighted by atomic mass is 9.96. The van der Waals surface area contributed by atoms with Crippen molar-refractivity contribution in [1.29, 1.82) is 0 Å². The van der Waals surface area contributed by atoms with Crippen molar-refractivity contribution in [3.8, 4) is 23.0 Å². The van der Waals surface area contributed by atoms with Gasteiger partial charge in [-0.15, -0.1) is 0 Å². The first-order valence-corrected chi connectivity index (χ1v) is 12.4. The van der Waals surface area contributed by atoms with Gasteiger partial charge in [-0.1, -0.05) is 72.8 Å². The number of rotatable bonds is 11. The molecule has 1 N–H and O–H groups in total. The highest BCUT2D eigenvalue weighted by Crippen LogP contribution is 2.34. The standard InChI is InChI=1S/C32H29F2NO5/c1-37-26-17-15-24(20-29(26)39-3)25(18-21-14-16-27(40-32(33)34)28(19-21)38-2)31(36)35-30(22-10-6-4-7-11-22)23-12-8-5-9-13-23/h4-20,30,32H,1-3H3,(H,35,36). The smallest absolute Gasteiger partial charge is 0.387 e. The molecule has 4 aromatic carbocycles. The molecule has 40 heavy (non-hydrogen) atoms. The predicted octanol–water partition coefficient (Wildman–Crippen LogP) is 6.76. The van der Waals surface area contributed by atoms with E-state index < -0.39 is 12.7 Å². The average Bonchev–Trinajstić information content (AvgIpc) is 2.99. The van der Waals surface area contributed by atoms with E-state index in [2.05, 4.69) is 10.1 Å². The van der Waals surface area contributed by atoms with Crippen LogP contribution in [0.15, 0.2) is 97.1 Å². The summed E-state index contributed by atoms with van der Waals surface area (Å²) >= 11 is 0. The van der Waals surface area contributed by atoms with Crippen LogP contribution in [-0.2, 0) is 4.79 Å². The molecule has 6 nitrogen and oxygen atoms in total. The highest BCUT2D eigenvalue weighted by Gasteiger charge is 2.22. The summed E-state index contributed by atoms with van der Waals surface area (Å²) in [7, 11) is 4.40. The Hall–Kier alpha value is -4.85. The third kappa shape index (κ3) is 6.77. The van der Waals surface area contributed by atoms with E-state index in [1.165, 1.54) is 33.5 Å². The third-order valence-electron chi connectivity index (χ3n) is 6.20. The van der Waals surface area contributed by atoms with Gasteiger partial charge in [-0.2, -0.15) is 8.78 Å². The molecule has 0 atom stereocenters. The Morgan fingerprint density at radius 1 is 0.700 bits per heavy atom. The van der Waals surface area contributed by atoms with Crippen LogP contribution in [0.3, 0.4) is 0 Å². The molecule has 0 aliphatic carbocycles. The lowest BCUT2D eigenvalue weighted by molar-refractivity contribution is -0.116. The Labute approximate surface area is 231 Å². The van der Waals surface area contributed by atoms with Gasteiger partial charge in [-0.3, -0.25) is 4.79 Å². The first-order valence-electron chi connectivity index (χ1n) is 12.4. The minimum Gasteiger partial charge on any atom is -0.493 e. The van der Waals surface area contributed by atoms with Gasteiger partial charge in [0.15, 0.2) is 23.0 Å². The van der Waals surface area contributed by atoms with Gasteiger partial charge in [0.1, 0.15) is 0 Å². The van der Waals surface area contributed by atoms with Crippen molar-refractivity contribution in [1.82, 2.24) is 5.32 Å². The Kier molecular flexibility index (Phi) is 9.35. The van der Waals surface area contributed by atoms with Gasteiger partial charge >= 0.3 is 6.61 Å². The summed E-state index contributed by atoms with van der Waals surface area (Å²) in [4.78, 5) is 14.0. The van der Waals surface area contributed by atoms with Crippen LogP contribution in [0.1, 0.15) is 28.3 Å². The number of nitrogens with one attached hydrogen (secondary N) is 1. The molecule has 0 radical (unpaired) electrons. The molecule has 0 aromatic heterocycles. The fourth-order valence-corrected chi connectivity index (χ4v) is 4.28. The summed E-state index contributed by atoms with van der Waals surface area (Å²) in [6.07, 6.45) is 1.65. The number of amides is 1. The first-order chi connectivity index (χ1) is 19.4. The van der Waals surface area contributed by atoms with E-state index in [0.29, 0.717) is 28.2 Å². The molecule has 0 saturated heterocycles. The molecule has 0 saturated carbocycles. The molecule has 206 valence electrons. The highest BCUT2D eigenvalue weighted by molar-refractivity contribution is 6.24. The van der Waals surface area contributed by atoms with Gasteiger partial charge in [0, 0.05) is 5.57 Å². The summed E-state index contributed by atoms with van der Waals surface area (Å²) in [6, 6.07) is 28.5. The van der Waals surface area contributed by atoms with Crippen LogP contribution in [0.5, 0.6) is 23.0 Å². The topological polar surface area (TPSA) is 66.0 Å². The van der Waals surface area contributed by atoms with Gasteiger partial charge in [0.05, 0.1) is 27.4 Å². The number of alkyl halides is 2. The number of halogens is 2. The second kappa shape index (κ2) is 13.3. The Morgan fingerprint density at radius 2 is 1.25 bits per heavy atom. The molecule has 4 aromatic rings. The molecule has 0 heterocycles. The molecule has 8 heteroatoms. The zero-order valence-electron chi connectivity index (χ0n) is 22.3. The molecular weight excluding hydrogens is 516 g/mol. The lowest BCUT2D eigenvalue weighted by Crippen LogP contribution is -2.30. The monoisotopic (exact) mass is 545 g/mol. The normalized spacial score (nSPS) is 11.3. The molecule has 0 aliphatic heterocycles. The lowest BCUT2D eigenvalue weighted by Gasteiger charge is -2.21. The number of hydrogen-bond acceptors (Lipinski definition) is 5. The minimum atomic E-state index is -3.00. The molecule has 1 amide bonds. The van der Waals surface area contributed by atoms with Crippen molar-refractivity contribution in [3.05, 3.63) is 119 Å². The van der Waals surface area contributed by atoms with Crippen molar-refractivity contribution in [2.24, 2.45) is 0 Å². The SMILES string of the molecule is COc1ccc(C(=Cc2ccc(OC(F)F)c(OC)c2)C(=O)NC(c2ccccc2)c2ccccc2)cc1OC. The van der Waals surface area contributed by atoms with E-state index in [4.69, 9.17) is 14.2 Å². The number of ether oxygens (including phenoxy) is 4. The van der Waals surface area contributed by atoms with Gasteiger partial charge in [0.25, 0.3) is 5.91 Å². The summed E-state index contributed by atoms with van der Waals surface area (Å²) in [5, 5.41) is 3.17. The van der Waals surface area contributed by atoms with Crippen LogP contribution in [0.4, 0.5) is 8.78 Å². The van der Waals surface area contributed by atoms with Crippen LogP contribution in [0.2, 0.25) is 0 Å². The van der Waals surface area contributed by atoms with Crippen LogP contribution in [-0.4, -0.2) is 33.8 Å². The van der Waals surface area contributed by atoms with Crippen molar-refractivity contribution in [3.63, 3.8) is 0 Å². The largest absolute Gasteiger partial charge is 0.493 e. The molecule has 0 aliphatic rings. The number of carbonyl (C=O) groups excluding carboxylic acids is 1. The summed E-state index contributed by atoms with van der Waals surface area (Å²) < 4.78 is 46.3. The number of methoxy groups -OCH3 is 3. The zero-order valence-corrected chi connectivity index (χ0v) is 22.3. The van der Waals surface area contributed by atoms with E-state index in [0.717, 1.165) is 11.1 Å². The van der Waals surface area contributed by atoms with Crippen LogP contribution in [0, 0.1) is 0 Å². The van der Waals surface area contributed by atoms with E-state index in [9.17, 15) is 13.6 Å². The maximum atomic E-state index is 14.0. The summed E-state index contributed by atoms with van der Waals surface area (Å²) in [5.41, 5.74) is 3.21. The maximum absolute atomic E-state index is 14.0. The molecule has 0 fully saturated rings. The van der Waals surface area contributed by atoms with Crippen LogP contribution in [0.25, 0.3) is 11.6 Å². The fraction of sp³-hybridized carbons (Fsp3) is 0.156. The summed E-state index contributed by atoms with van der Waals surface area (Å²) in [5.74, 6) is 0.580. The fourth-order valence-electron chi connectivity index (χ4n) is 4.28. The highest BCUT2D eigenvalue weighted by atomic mass is 19.3. The number of carbonyl (C=O) groups is 1.